The smallest absolute Gasteiger partial charge is 0.173 e. The standard InChI is InChI=1S/C21H33N5O2.ClH/c1-6-21(2,3)26-20(22-23-24-26)19(25-13-9-7-8-10-14-25)16-11-12-17(27-4)18(15-16)28-5;/h11-12,15,19H,6-10,13-14H2,1-5H3;1H. The molecule has 1 fully saturated rings. The molecule has 162 valence electrons. The minimum absolute atomic E-state index is 0. The van der Waals surface area contributed by atoms with Crippen LogP contribution in [0.4, 0.5) is 0 Å². The highest BCUT2D eigenvalue weighted by atomic mass is 35.5. The van der Waals surface area contributed by atoms with Crippen LogP contribution >= 0.6 is 12.4 Å². The number of ether oxygens (including phenoxy) is 2. The number of rotatable bonds is 7. The Labute approximate surface area is 180 Å². The molecule has 1 aromatic heterocycles. The van der Waals surface area contributed by atoms with Gasteiger partial charge in [0.1, 0.15) is 0 Å². The third kappa shape index (κ3) is 5.01. The Bertz CT molecular complexity index is 772. The van der Waals surface area contributed by atoms with Crippen molar-refractivity contribution >= 4 is 12.4 Å². The second-order valence-electron chi connectivity index (χ2n) is 8.08. The van der Waals surface area contributed by atoms with Gasteiger partial charge in [0.05, 0.1) is 25.8 Å². The average Bonchev–Trinajstić information content (AvgIpc) is 3.05. The first kappa shape index (κ1) is 23.4. The number of likely N-dealkylation sites (tertiary alicyclic amines) is 1. The molecule has 0 radical (unpaired) electrons. The van der Waals surface area contributed by atoms with Gasteiger partial charge in [-0.1, -0.05) is 25.8 Å². The van der Waals surface area contributed by atoms with Crippen LogP contribution in [-0.4, -0.2) is 52.4 Å². The fraction of sp³-hybridized carbons (Fsp3) is 0.667. The summed E-state index contributed by atoms with van der Waals surface area (Å²) in [5.41, 5.74) is 0.974. The Kier molecular flexibility index (Phi) is 8.28. The van der Waals surface area contributed by atoms with E-state index in [-0.39, 0.29) is 24.0 Å². The van der Waals surface area contributed by atoms with Gasteiger partial charge >= 0.3 is 0 Å². The van der Waals surface area contributed by atoms with E-state index < -0.39 is 0 Å². The second-order valence-corrected chi connectivity index (χ2v) is 8.08. The summed E-state index contributed by atoms with van der Waals surface area (Å²) in [7, 11) is 3.33. The van der Waals surface area contributed by atoms with Crippen LogP contribution in [0.15, 0.2) is 18.2 Å². The van der Waals surface area contributed by atoms with E-state index in [1.54, 1.807) is 14.2 Å². The molecule has 0 N–H and O–H groups in total. The van der Waals surface area contributed by atoms with Crippen LogP contribution in [0, 0.1) is 0 Å². The van der Waals surface area contributed by atoms with E-state index in [0.29, 0.717) is 0 Å². The fourth-order valence-electron chi connectivity index (χ4n) is 3.84. The first-order chi connectivity index (χ1) is 13.5. The molecule has 0 aliphatic carbocycles. The molecular weight excluding hydrogens is 390 g/mol. The number of benzene rings is 1. The minimum atomic E-state index is -0.153. The molecular formula is C21H34ClN5O2. The highest BCUT2D eigenvalue weighted by Gasteiger charge is 2.33. The molecule has 2 aromatic rings. The Morgan fingerprint density at radius 1 is 1.03 bits per heavy atom. The van der Waals surface area contributed by atoms with Crippen LogP contribution in [0.25, 0.3) is 0 Å². The highest BCUT2D eigenvalue weighted by molar-refractivity contribution is 5.85. The molecule has 29 heavy (non-hydrogen) atoms. The van der Waals surface area contributed by atoms with E-state index in [1.807, 2.05) is 10.7 Å². The largest absolute Gasteiger partial charge is 0.493 e. The predicted octanol–water partition coefficient (Wildman–Crippen LogP) is 4.22. The summed E-state index contributed by atoms with van der Waals surface area (Å²) in [6.45, 7) is 8.61. The molecule has 0 saturated carbocycles. The zero-order chi connectivity index (χ0) is 20.1. The third-order valence-corrected chi connectivity index (χ3v) is 5.91. The molecule has 1 aromatic carbocycles. The lowest BCUT2D eigenvalue weighted by atomic mass is 9.99. The molecule has 1 saturated heterocycles. The van der Waals surface area contributed by atoms with E-state index >= 15 is 0 Å². The summed E-state index contributed by atoms with van der Waals surface area (Å²) in [5.74, 6) is 2.35. The summed E-state index contributed by atoms with van der Waals surface area (Å²) >= 11 is 0. The average molecular weight is 424 g/mol. The SMILES string of the molecule is CCC(C)(C)n1nnnc1C(c1ccc(OC)c(OC)c1)N1CCCCCC1.Cl. The van der Waals surface area contributed by atoms with Gasteiger partial charge in [-0.05, 0) is 74.3 Å². The Morgan fingerprint density at radius 3 is 2.28 bits per heavy atom. The molecule has 0 amide bonds. The molecule has 2 heterocycles. The molecule has 0 bridgehead atoms. The molecule has 3 rings (SSSR count). The van der Waals surface area contributed by atoms with Crippen molar-refractivity contribution in [2.75, 3.05) is 27.3 Å². The monoisotopic (exact) mass is 423 g/mol. The van der Waals surface area contributed by atoms with Crippen LogP contribution in [0.1, 0.15) is 70.3 Å². The zero-order valence-corrected chi connectivity index (χ0v) is 19.0. The van der Waals surface area contributed by atoms with Crippen molar-refractivity contribution in [3.8, 4) is 11.5 Å². The molecule has 1 aliphatic heterocycles. The molecule has 1 unspecified atom stereocenters. The van der Waals surface area contributed by atoms with E-state index in [4.69, 9.17) is 9.47 Å². The minimum Gasteiger partial charge on any atom is -0.493 e. The fourth-order valence-corrected chi connectivity index (χ4v) is 3.84. The summed E-state index contributed by atoms with van der Waals surface area (Å²) in [6.07, 6.45) is 5.90. The quantitative estimate of drug-likeness (QED) is 0.664. The number of nitrogens with zero attached hydrogens (tertiary/aromatic N) is 5. The lowest BCUT2D eigenvalue weighted by Gasteiger charge is -2.33. The first-order valence-corrected chi connectivity index (χ1v) is 10.3. The van der Waals surface area contributed by atoms with Crippen LogP contribution in [0.3, 0.4) is 0 Å². The van der Waals surface area contributed by atoms with Gasteiger partial charge in [-0.3, -0.25) is 4.90 Å². The van der Waals surface area contributed by atoms with Crippen molar-refractivity contribution in [1.29, 1.82) is 0 Å². The summed E-state index contributed by atoms with van der Waals surface area (Å²) in [5, 5.41) is 12.9. The maximum absolute atomic E-state index is 5.57. The van der Waals surface area contributed by atoms with Crippen LogP contribution in [-0.2, 0) is 5.54 Å². The van der Waals surface area contributed by atoms with E-state index in [1.165, 1.54) is 25.7 Å². The van der Waals surface area contributed by atoms with Gasteiger partial charge in [-0.25, -0.2) is 4.68 Å². The third-order valence-electron chi connectivity index (χ3n) is 5.91. The van der Waals surface area contributed by atoms with E-state index in [2.05, 4.69) is 53.3 Å². The zero-order valence-electron chi connectivity index (χ0n) is 18.2. The normalized spacial score (nSPS) is 16.6. The molecule has 0 spiro atoms. The van der Waals surface area contributed by atoms with E-state index in [9.17, 15) is 0 Å². The predicted molar refractivity (Wildman–Crippen MR) is 116 cm³/mol. The van der Waals surface area contributed by atoms with Crippen LogP contribution in [0.5, 0.6) is 11.5 Å². The van der Waals surface area contributed by atoms with Crippen LogP contribution in [0.2, 0.25) is 0 Å². The lowest BCUT2D eigenvalue weighted by molar-refractivity contribution is 0.202. The Balaban J connectivity index is 0.00000300. The molecule has 1 aliphatic rings. The van der Waals surface area contributed by atoms with Gasteiger partial charge < -0.3 is 9.47 Å². The second kappa shape index (κ2) is 10.3. The maximum Gasteiger partial charge on any atom is 0.173 e. The molecule has 8 heteroatoms. The first-order valence-electron chi connectivity index (χ1n) is 10.3. The summed E-state index contributed by atoms with van der Waals surface area (Å²) < 4.78 is 13.0. The number of aromatic nitrogens is 4. The van der Waals surface area contributed by atoms with Gasteiger partial charge in [0.25, 0.3) is 0 Å². The summed E-state index contributed by atoms with van der Waals surface area (Å²) in [4.78, 5) is 2.52. The number of methoxy groups -OCH3 is 2. The van der Waals surface area contributed by atoms with Crippen molar-refractivity contribution in [2.45, 2.75) is 64.5 Å². The summed E-state index contributed by atoms with van der Waals surface area (Å²) in [6, 6.07) is 6.12. The lowest BCUT2D eigenvalue weighted by Crippen LogP contribution is -2.36. The maximum atomic E-state index is 5.57. The Hall–Kier alpha value is -1.86. The van der Waals surface area contributed by atoms with Crippen molar-refractivity contribution < 1.29 is 9.47 Å². The van der Waals surface area contributed by atoms with E-state index in [0.717, 1.165) is 42.4 Å². The highest BCUT2D eigenvalue weighted by Crippen LogP contribution is 2.36. The van der Waals surface area contributed by atoms with Gasteiger partial charge in [0.15, 0.2) is 17.3 Å². The number of hydrogen-bond donors (Lipinski definition) is 0. The topological polar surface area (TPSA) is 65.3 Å². The van der Waals surface area contributed by atoms with Crippen LogP contribution < -0.4 is 9.47 Å². The number of tetrazole rings is 1. The molecule has 1 atom stereocenters. The van der Waals surface area contributed by atoms with Gasteiger partial charge in [0.2, 0.25) is 0 Å². The van der Waals surface area contributed by atoms with Crippen molar-refractivity contribution in [2.24, 2.45) is 0 Å². The Morgan fingerprint density at radius 2 is 1.69 bits per heavy atom. The van der Waals surface area contributed by atoms with Crippen molar-refractivity contribution in [3.05, 3.63) is 29.6 Å². The van der Waals surface area contributed by atoms with Gasteiger partial charge in [0, 0.05) is 0 Å². The van der Waals surface area contributed by atoms with Crippen molar-refractivity contribution in [3.63, 3.8) is 0 Å². The van der Waals surface area contributed by atoms with Gasteiger partial charge in [-0.15, -0.1) is 17.5 Å². The van der Waals surface area contributed by atoms with Gasteiger partial charge in [-0.2, -0.15) is 0 Å². The molecule has 7 nitrogen and oxygen atoms in total. The number of halogens is 1. The number of hydrogen-bond acceptors (Lipinski definition) is 6. The van der Waals surface area contributed by atoms with Crippen molar-refractivity contribution in [1.82, 2.24) is 25.1 Å².